The summed E-state index contributed by atoms with van der Waals surface area (Å²) in [7, 11) is 0. The lowest BCUT2D eigenvalue weighted by Gasteiger charge is -2.04. The minimum atomic E-state index is -0.696. The molecule has 0 unspecified atom stereocenters. The zero-order chi connectivity index (χ0) is 11.4. The van der Waals surface area contributed by atoms with Gasteiger partial charge in [0.25, 0.3) is 0 Å². The van der Waals surface area contributed by atoms with Crippen LogP contribution in [0.2, 0.25) is 0 Å². The van der Waals surface area contributed by atoms with Gasteiger partial charge in [-0.2, -0.15) is 0 Å². The highest BCUT2D eigenvalue weighted by Gasteiger charge is 2.02. The van der Waals surface area contributed by atoms with Crippen LogP contribution in [-0.4, -0.2) is 37.4 Å². The topological polar surface area (TPSA) is 72.8 Å². The van der Waals surface area contributed by atoms with Gasteiger partial charge in [-0.15, -0.1) is 0 Å². The molecule has 15 heavy (non-hydrogen) atoms. The third kappa shape index (κ3) is 10.8. The standard InChI is InChI=1S/C10H18O5/c11-6-3-1-2-4-8-14-10(13)15-9-5-7-12/h6,12H,1-5,7-9H2. The van der Waals surface area contributed by atoms with Crippen molar-refractivity contribution in [3.05, 3.63) is 0 Å². The number of ether oxygens (including phenoxy) is 2. The number of carbonyl (C=O) groups is 2. The zero-order valence-electron chi connectivity index (χ0n) is 8.81. The molecule has 0 aliphatic carbocycles. The van der Waals surface area contributed by atoms with Crippen LogP contribution in [-0.2, 0) is 14.3 Å². The van der Waals surface area contributed by atoms with E-state index in [0.29, 0.717) is 19.4 Å². The molecule has 5 heteroatoms. The third-order valence-corrected chi connectivity index (χ3v) is 1.71. The first kappa shape index (κ1) is 13.9. The molecule has 0 bridgehead atoms. The predicted molar refractivity (Wildman–Crippen MR) is 53.5 cm³/mol. The van der Waals surface area contributed by atoms with E-state index in [1.807, 2.05) is 0 Å². The van der Waals surface area contributed by atoms with E-state index in [1.165, 1.54) is 0 Å². The van der Waals surface area contributed by atoms with E-state index in [9.17, 15) is 9.59 Å². The van der Waals surface area contributed by atoms with Crippen molar-refractivity contribution >= 4 is 12.4 Å². The van der Waals surface area contributed by atoms with Crippen molar-refractivity contribution in [3.63, 3.8) is 0 Å². The molecule has 0 atom stereocenters. The maximum absolute atomic E-state index is 10.8. The quantitative estimate of drug-likeness (QED) is 0.358. The van der Waals surface area contributed by atoms with Gasteiger partial charge in [-0.3, -0.25) is 0 Å². The summed E-state index contributed by atoms with van der Waals surface area (Å²) in [6, 6.07) is 0. The Balaban J connectivity index is 3.13. The van der Waals surface area contributed by atoms with Crippen LogP contribution in [0.3, 0.4) is 0 Å². The van der Waals surface area contributed by atoms with Gasteiger partial charge in [0.05, 0.1) is 13.2 Å². The lowest BCUT2D eigenvalue weighted by atomic mass is 10.2. The number of aldehydes is 1. The number of hydrogen-bond acceptors (Lipinski definition) is 5. The fourth-order valence-corrected chi connectivity index (χ4v) is 0.924. The van der Waals surface area contributed by atoms with Gasteiger partial charge in [-0.05, 0) is 19.3 Å². The Morgan fingerprint density at radius 1 is 1.07 bits per heavy atom. The van der Waals surface area contributed by atoms with Crippen molar-refractivity contribution in [2.75, 3.05) is 19.8 Å². The van der Waals surface area contributed by atoms with E-state index in [1.54, 1.807) is 0 Å². The summed E-state index contributed by atoms with van der Waals surface area (Å²) in [5.41, 5.74) is 0. The molecule has 0 rings (SSSR count). The fourth-order valence-electron chi connectivity index (χ4n) is 0.924. The van der Waals surface area contributed by atoms with E-state index in [4.69, 9.17) is 9.84 Å². The van der Waals surface area contributed by atoms with Crippen LogP contribution in [0.15, 0.2) is 0 Å². The number of carbonyl (C=O) groups excluding carboxylic acids is 2. The maximum atomic E-state index is 10.8. The van der Waals surface area contributed by atoms with E-state index < -0.39 is 6.16 Å². The molecular formula is C10H18O5. The molecule has 5 nitrogen and oxygen atoms in total. The highest BCUT2D eigenvalue weighted by molar-refractivity contribution is 5.59. The second-order valence-electron chi connectivity index (χ2n) is 3.04. The van der Waals surface area contributed by atoms with Crippen molar-refractivity contribution in [3.8, 4) is 0 Å². The molecule has 0 aromatic rings. The molecule has 0 saturated heterocycles. The monoisotopic (exact) mass is 218 g/mol. The molecule has 0 radical (unpaired) electrons. The Hall–Kier alpha value is -1.10. The Labute approximate surface area is 89.4 Å². The van der Waals surface area contributed by atoms with Gasteiger partial charge in [0, 0.05) is 19.4 Å². The van der Waals surface area contributed by atoms with Crippen LogP contribution in [0.4, 0.5) is 4.79 Å². The zero-order valence-corrected chi connectivity index (χ0v) is 8.81. The Morgan fingerprint density at radius 3 is 2.33 bits per heavy atom. The Morgan fingerprint density at radius 2 is 1.73 bits per heavy atom. The van der Waals surface area contributed by atoms with Crippen LogP contribution >= 0.6 is 0 Å². The molecule has 0 aliphatic heterocycles. The average Bonchev–Trinajstić information content (AvgIpc) is 2.23. The maximum Gasteiger partial charge on any atom is 0.508 e. The lowest BCUT2D eigenvalue weighted by molar-refractivity contribution is -0.107. The molecule has 88 valence electrons. The largest absolute Gasteiger partial charge is 0.508 e. The van der Waals surface area contributed by atoms with Crippen molar-refractivity contribution in [2.45, 2.75) is 32.1 Å². The number of aliphatic hydroxyl groups is 1. The number of rotatable bonds is 9. The van der Waals surface area contributed by atoms with Crippen LogP contribution in [0, 0.1) is 0 Å². The minimum absolute atomic E-state index is 0.00102. The predicted octanol–water partition coefficient (Wildman–Crippen LogP) is 1.28. The fraction of sp³-hybridized carbons (Fsp3) is 0.800. The van der Waals surface area contributed by atoms with Gasteiger partial charge in [0.2, 0.25) is 0 Å². The summed E-state index contributed by atoms with van der Waals surface area (Å²) in [5, 5.41) is 8.42. The highest BCUT2D eigenvalue weighted by Crippen LogP contribution is 1.99. The van der Waals surface area contributed by atoms with Crippen molar-refractivity contribution in [2.24, 2.45) is 0 Å². The molecule has 0 aromatic heterocycles. The molecule has 0 saturated carbocycles. The van der Waals surface area contributed by atoms with Gasteiger partial charge in [0.15, 0.2) is 0 Å². The molecule has 0 heterocycles. The van der Waals surface area contributed by atoms with Gasteiger partial charge in [-0.1, -0.05) is 0 Å². The van der Waals surface area contributed by atoms with Crippen LogP contribution in [0.1, 0.15) is 32.1 Å². The molecule has 0 fully saturated rings. The summed E-state index contributed by atoms with van der Waals surface area (Å²) >= 11 is 0. The normalized spacial score (nSPS) is 9.67. The molecule has 0 amide bonds. The average molecular weight is 218 g/mol. The molecule has 0 aromatic carbocycles. The van der Waals surface area contributed by atoms with E-state index in [-0.39, 0.29) is 13.2 Å². The van der Waals surface area contributed by atoms with Crippen LogP contribution < -0.4 is 0 Å². The van der Waals surface area contributed by atoms with Gasteiger partial charge >= 0.3 is 6.16 Å². The van der Waals surface area contributed by atoms with E-state index >= 15 is 0 Å². The molecule has 0 spiro atoms. The number of aliphatic hydroxyl groups excluding tert-OH is 1. The Bertz CT molecular complexity index is 169. The summed E-state index contributed by atoms with van der Waals surface area (Å²) in [6.07, 6.45) is 3.59. The molecular weight excluding hydrogens is 200 g/mol. The van der Waals surface area contributed by atoms with Crippen LogP contribution in [0.5, 0.6) is 0 Å². The number of hydrogen-bond donors (Lipinski definition) is 1. The summed E-state index contributed by atoms with van der Waals surface area (Å²) in [4.78, 5) is 20.8. The lowest BCUT2D eigenvalue weighted by Crippen LogP contribution is -2.10. The molecule has 1 N–H and O–H groups in total. The minimum Gasteiger partial charge on any atom is -0.434 e. The molecule has 0 aliphatic rings. The van der Waals surface area contributed by atoms with E-state index in [2.05, 4.69) is 4.74 Å². The van der Waals surface area contributed by atoms with Gasteiger partial charge in [0.1, 0.15) is 6.29 Å². The van der Waals surface area contributed by atoms with Crippen molar-refractivity contribution in [1.29, 1.82) is 0 Å². The first-order chi connectivity index (χ1) is 7.31. The van der Waals surface area contributed by atoms with E-state index in [0.717, 1.165) is 25.5 Å². The first-order valence-electron chi connectivity index (χ1n) is 5.15. The summed E-state index contributed by atoms with van der Waals surface area (Å²) in [6.45, 7) is 0.496. The van der Waals surface area contributed by atoms with Crippen molar-refractivity contribution in [1.82, 2.24) is 0 Å². The Kier molecular flexibility index (Phi) is 10.2. The second kappa shape index (κ2) is 11.0. The first-order valence-corrected chi connectivity index (χ1v) is 5.15. The van der Waals surface area contributed by atoms with Crippen molar-refractivity contribution < 1.29 is 24.2 Å². The summed E-state index contributed by atoms with van der Waals surface area (Å²) < 4.78 is 9.37. The summed E-state index contributed by atoms with van der Waals surface area (Å²) in [5.74, 6) is 0. The van der Waals surface area contributed by atoms with Gasteiger partial charge in [-0.25, -0.2) is 4.79 Å². The highest BCUT2D eigenvalue weighted by atomic mass is 16.7. The smallest absolute Gasteiger partial charge is 0.434 e. The number of unbranched alkanes of at least 4 members (excludes halogenated alkanes) is 3. The third-order valence-electron chi connectivity index (χ3n) is 1.71. The van der Waals surface area contributed by atoms with Crippen LogP contribution in [0.25, 0.3) is 0 Å². The second-order valence-corrected chi connectivity index (χ2v) is 3.04. The van der Waals surface area contributed by atoms with Gasteiger partial charge < -0.3 is 19.4 Å². The SMILES string of the molecule is O=CCCCCCOC(=O)OCCCO.